The summed E-state index contributed by atoms with van der Waals surface area (Å²) in [4.78, 5) is 2.08. The minimum absolute atomic E-state index is 0.216. The standard InChI is InChI=1S/C16H17FN2O/c1-19(14-7-5-13(17)6-8-14)11-12-3-2-4-15-16(12)20-10-9-18-15/h2-8,18H,9-11H2,1H3. The average Bonchev–Trinajstić information content (AvgIpc) is 2.48. The zero-order valence-electron chi connectivity index (χ0n) is 11.4. The van der Waals surface area contributed by atoms with Crippen LogP contribution in [0.25, 0.3) is 0 Å². The molecular formula is C16H17FN2O. The number of anilines is 2. The van der Waals surface area contributed by atoms with Gasteiger partial charge in [0, 0.05) is 31.4 Å². The Kier molecular flexibility index (Phi) is 3.46. The van der Waals surface area contributed by atoms with Crippen LogP contribution in [0.2, 0.25) is 0 Å². The Labute approximate surface area is 118 Å². The number of ether oxygens (including phenoxy) is 1. The maximum Gasteiger partial charge on any atom is 0.147 e. The summed E-state index contributed by atoms with van der Waals surface area (Å²) < 4.78 is 18.7. The van der Waals surface area contributed by atoms with Gasteiger partial charge < -0.3 is 15.0 Å². The van der Waals surface area contributed by atoms with Crippen LogP contribution in [-0.2, 0) is 6.54 Å². The summed E-state index contributed by atoms with van der Waals surface area (Å²) in [7, 11) is 1.99. The van der Waals surface area contributed by atoms with Gasteiger partial charge in [-0.3, -0.25) is 0 Å². The highest BCUT2D eigenvalue weighted by molar-refractivity contribution is 5.62. The molecule has 0 aliphatic carbocycles. The van der Waals surface area contributed by atoms with E-state index in [9.17, 15) is 4.39 Å². The summed E-state index contributed by atoms with van der Waals surface area (Å²) in [6.45, 7) is 2.24. The second-order valence-corrected chi connectivity index (χ2v) is 4.90. The molecule has 1 heterocycles. The molecule has 4 heteroatoms. The Hall–Kier alpha value is -2.23. The van der Waals surface area contributed by atoms with Gasteiger partial charge in [-0.1, -0.05) is 12.1 Å². The van der Waals surface area contributed by atoms with Crippen molar-refractivity contribution in [3.05, 3.63) is 53.8 Å². The van der Waals surface area contributed by atoms with Gasteiger partial charge in [-0.05, 0) is 30.3 Å². The highest BCUT2D eigenvalue weighted by Gasteiger charge is 2.15. The maximum atomic E-state index is 13.0. The fraction of sp³-hybridized carbons (Fsp3) is 0.250. The predicted molar refractivity (Wildman–Crippen MR) is 78.9 cm³/mol. The van der Waals surface area contributed by atoms with E-state index in [1.54, 1.807) is 12.1 Å². The van der Waals surface area contributed by atoms with E-state index < -0.39 is 0 Å². The highest BCUT2D eigenvalue weighted by Crippen LogP contribution is 2.32. The molecule has 3 nitrogen and oxygen atoms in total. The summed E-state index contributed by atoms with van der Waals surface area (Å²) in [5, 5.41) is 3.33. The first-order valence-electron chi connectivity index (χ1n) is 6.69. The van der Waals surface area contributed by atoms with E-state index in [2.05, 4.69) is 16.3 Å². The third kappa shape index (κ3) is 2.54. The van der Waals surface area contributed by atoms with Gasteiger partial charge in [-0.2, -0.15) is 0 Å². The van der Waals surface area contributed by atoms with Crippen LogP contribution in [0.5, 0.6) is 5.75 Å². The van der Waals surface area contributed by atoms with Gasteiger partial charge in [0.15, 0.2) is 0 Å². The summed E-state index contributed by atoms with van der Waals surface area (Å²) in [5.41, 5.74) is 3.15. The van der Waals surface area contributed by atoms with Crippen LogP contribution in [0.3, 0.4) is 0 Å². The molecule has 0 fully saturated rings. The van der Waals surface area contributed by atoms with Gasteiger partial charge in [0.2, 0.25) is 0 Å². The Morgan fingerprint density at radius 1 is 1.20 bits per heavy atom. The van der Waals surface area contributed by atoms with Crippen molar-refractivity contribution < 1.29 is 9.13 Å². The minimum atomic E-state index is -0.216. The third-order valence-corrected chi connectivity index (χ3v) is 3.44. The molecule has 0 unspecified atom stereocenters. The van der Waals surface area contributed by atoms with Crippen molar-refractivity contribution in [3.63, 3.8) is 0 Å². The molecule has 0 saturated carbocycles. The molecule has 0 atom stereocenters. The lowest BCUT2D eigenvalue weighted by atomic mass is 10.1. The number of halogens is 1. The highest BCUT2D eigenvalue weighted by atomic mass is 19.1. The molecule has 0 spiro atoms. The van der Waals surface area contributed by atoms with Crippen LogP contribution in [0.4, 0.5) is 15.8 Å². The first-order chi connectivity index (χ1) is 9.74. The largest absolute Gasteiger partial charge is 0.489 e. The van der Waals surface area contributed by atoms with Gasteiger partial charge in [0.25, 0.3) is 0 Å². The van der Waals surface area contributed by atoms with Crippen molar-refractivity contribution >= 4 is 11.4 Å². The van der Waals surface area contributed by atoms with Gasteiger partial charge >= 0.3 is 0 Å². The van der Waals surface area contributed by atoms with E-state index >= 15 is 0 Å². The van der Waals surface area contributed by atoms with Gasteiger partial charge in [0.1, 0.15) is 18.2 Å². The van der Waals surface area contributed by atoms with E-state index in [0.29, 0.717) is 6.61 Å². The molecule has 0 radical (unpaired) electrons. The Morgan fingerprint density at radius 3 is 2.80 bits per heavy atom. The number of fused-ring (bicyclic) bond motifs is 1. The summed E-state index contributed by atoms with van der Waals surface area (Å²) in [5.74, 6) is 0.708. The first kappa shape index (κ1) is 12.8. The maximum absolute atomic E-state index is 13.0. The topological polar surface area (TPSA) is 24.5 Å². The van der Waals surface area contributed by atoms with Crippen LogP contribution in [0.1, 0.15) is 5.56 Å². The molecule has 0 bridgehead atoms. The molecule has 0 amide bonds. The van der Waals surface area contributed by atoms with Crippen LogP contribution in [0, 0.1) is 5.82 Å². The Bertz CT molecular complexity index is 598. The van der Waals surface area contributed by atoms with Crippen LogP contribution in [-0.4, -0.2) is 20.2 Å². The van der Waals surface area contributed by atoms with Crippen molar-refractivity contribution in [3.8, 4) is 5.75 Å². The zero-order valence-corrected chi connectivity index (χ0v) is 11.4. The van der Waals surface area contributed by atoms with Crippen molar-refractivity contribution in [1.82, 2.24) is 0 Å². The molecule has 1 aliphatic rings. The van der Waals surface area contributed by atoms with E-state index in [1.807, 2.05) is 19.2 Å². The van der Waals surface area contributed by atoms with E-state index in [0.717, 1.165) is 35.8 Å². The molecular weight excluding hydrogens is 255 g/mol. The molecule has 1 aliphatic heterocycles. The molecule has 0 aromatic heterocycles. The SMILES string of the molecule is CN(Cc1cccc2c1OCCN2)c1ccc(F)cc1. The van der Waals surface area contributed by atoms with E-state index in [4.69, 9.17) is 4.74 Å². The van der Waals surface area contributed by atoms with Crippen molar-refractivity contribution in [1.29, 1.82) is 0 Å². The summed E-state index contributed by atoms with van der Waals surface area (Å²) >= 11 is 0. The number of hydrogen-bond acceptors (Lipinski definition) is 3. The predicted octanol–water partition coefficient (Wildman–Crippen LogP) is 3.27. The number of benzene rings is 2. The lowest BCUT2D eigenvalue weighted by Crippen LogP contribution is -2.22. The number of para-hydroxylation sites is 1. The number of nitrogens with one attached hydrogen (secondary N) is 1. The van der Waals surface area contributed by atoms with Gasteiger partial charge in [-0.15, -0.1) is 0 Å². The quantitative estimate of drug-likeness (QED) is 0.928. The molecule has 104 valence electrons. The average molecular weight is 272 g/mol. The lowest BCUT2D eigenvalue weighted by molar-refractivity contribution is 0.319. The molecule has 1 N–H and O–H groups in total. The first-order valence-corrected chi connectivity index (χ1v) is 6.69. The molecule has 20 heavy (non-hydrogen) atoms. The molecule has 2 aromatic carbocycles. The monoisotopic (exact) mass is 272 g/mol. The summed E-state index contributed by atoms with van der Waals surface area (Å²) in [6, 6.07) is 12.6. The third-order valence-electron chi connectivity index (χ3n) is 3.44. The van der Waals surface area contributed by atoms with Crippen molar-refractivity contribution in [2.75, 3.05) is 30.4 Å². The van der Waals surface area contributed by atoms with Crippen molar-refractivity contribution in [2.24, 2.45) is 0 Å². The second-order valence-electron chi connectivity index (χ2n) is 4.90. The normalized spacial score (nSPS) is 13.1. The lowest BCUT2D eigenvalue weighted by Gasteiger charge is -2.25. The number of hydrogen-bond donors (Lipinski definition) is 1. The minimum Gasteiger partial charge on any atom is -0.489 e. The molecule has 3 rings (SSSR count). The molecule has 0 saturated heterocycles. The number of rotatable bonds is 3. The van der Waals surface area contributed by atoms with Crippen molar-refractivity contribution in [2.45, 2.75) is 6.54 Å². The number of nitrogens with zero attached hydrogens (tertiary/aromatic N) is 1. The van der Waals surface area contributed by atoms with Crippen LogP contribution < -0.4 is 15.0 Å². The van der Waals surface area contributed by atoms with E-state index in [-0.39, 0.29) is 5.82 Å². The zero-order chi connectivity index (χ0) is 13.9. The van der Waals surface area contributed by atoms with Crippen LogP contribution >= 0.6 is 0 Å². The Morgan fingerprint density at radius 2 is 2.00 bits per heavy atom. The van der Waals surface area contributed by atoms with Gasteiger partial charge in [-0.25, -0.2) is 4.39 Å². The smallest absolute Gasteiger partial charge is 0.147 e. The molecule has 2 aromatic rings. The van der Waals surface area contributed by atoms with E-state index in [1.165, 1.54) is 12.1 Å². The summed E-state index contributed by atoms with van der Waals surface area (Å²) in [6.07, 6.45) is 0. The van der Waals surface area contributed by atoms with Crippen LogP contribution in [0.15, 0.2) is 42.5 Å². The fourth-order valence-corrected chi connectivity index (χ4v) is 2.40. The fourth-order valence-electron chi connectivity index (χ4n) is 2.40. The second kappa shape index (κ2) is 5.41. The van der Waals surface area contributed by atoms with Gasteiger partial charge in [0.05, 0.1) is 5.69 Å². The Balaban J connectivity index is 1.82.